The highest BCUT2D eigenvalue weighted by Gasteiger charge is 2.26. The number of aryl methyl sites for hydroxylation is 1. The van der Waals surface area contributed by atoms with Gasteiger partial charge < -0.3 is 5.73 Å². The normalized spacial score (nSPS) is 11.4. The molecule has 6 heteroatoms. The van der Waals surface area contributed by atoms with Crippen molar-refractivity contribution >= 4 is 21.4 Å². The number of hydrogen-bond acceptors (Lipinski definition) is 3. The number of sulfonamides is 1. The average Bonchev–Trinajstić information content (AvgIpc) is 2.44. The standard InChI is InChI=1S/C15H17FN2O2S/c1-3-18(12-9-7-11(2)8-10-12)21(19,20)14-6-4-5-13(16)15(14)17/h4-10H,3,17H2,1-2H3. The second-order valence-corrected chi connectivity index (χ2v) is 6.49. The van der Waals surface area contributed by atoms with E-state index < -0.39 is 15.8 Å². The van der Waals surface area contributed by atoms with Crippen molar-refractivity contribution in [2.45, 2.75) is 18.7 Å². The molecular weight excluding hydrogens is 291 g/mol. The maximum absolute atomic E-state index is 13.5. The molecule has 2 aromatic carbocycles. The molecule has 0 unspecified atom stereocenters. The Kier molecular flexibility index (Phi) is 4.18. The number of nitrogen functional groups attached to an aromatic ring is 1. The molecular formula is C15H17FN2O2S. The zero-order valence-corrected chi connectivity index (χ0v) is 12.7. The Morgan fingerprint density at radius 1 is 1.14 bits per heavy atom. The summed E-state index contributed by atoms with van der Waals surface area (Å²) in [4.78, 5) is -0.218. The van der Waals surface area contributed by atoms with E-state index in [-0.39, 0.29) is 17.1 Å². The third-order valence-corrected chi connectivity index (χ3v) is 5.15. The maximum Gasteiger partial charge on any atom is 0.266 e. The van der Waals surface area contributed by atoms with Gasteiger partial charge in [-0.05, 0) is 38.1 Å². The van der Waals surface area contributed by atoms with E-state index in [0.717, 1.165) is 11.6 Å². The molecule has 2 N–H and O–H groups in total. The third kappa shape index (κ3) is 2.85. The smallest absolute Gasteiger partial charge is 0.266 e. The van der Waals surface area contributed by atoms with E-state index in [1.165, 1.54) is 16.4 Å². The lowest BCUT2D eigenvalue weighted by Gasteiger charge is -2.23. The van der Waals surface area contributed by atoms with Gasteiger partial charge in [-0.25, -0.2) is 12.8 Å². The van der Waals surface area contributed by atoms with Crippen LogP contribution in [0.25, 0.3) is 0 Å². The molecule has 2 rings (SSSR count). The Morgan fingerprint density at radius 2 is 1.76 bits per heavy atom. The number of anilines is 2. The van der Waals surface area contributed by atoms with Gasteiger partial charge in [0.2, 0.25) is 0 Å². The van der Waals surface area contributed by atoms with Gasteiger partial charge in [0.25, 0.3) is 10.0 Å². The number of nitrogens with zero attached hydrogens (tertiary/aromatic N) is 1. The van der Waals surface area contributed by atoms with Gasteiger partial charge in [-0.2, -0.15) is 0 Å². The van der Waals surface area contributed by atoms with Gasteiger partial charge in [-0.3, -0.25) is 4.31 Å². The van der Waals surface area contributed by atoms with Crippen molar-refractivity contribution in [2.75, 3.05) is 16.6 Å². The number of nitrogens with two attached hydrogens (primary N) is 1. The van der Waals surface area contributed by atoms with E-state index >= 15 is 0 Å². The number of hydrogen-bond donors (Lipinski definition) is 1. The summed E-state index contributed by atoms with van der Waals surface area (Å²) < 4.78 is 40.1. The first-order valence-corrected chi connectivity index (χ1v) is 7.95. The maximum atomic E-state index is 13.5. The fourth-order valence-corrected chi connectivity index (χ4v) is 3.67. The van der Waals surface area contributed by atoms with Crippen LogP contribution in [0.2, 0.25) is 0 Å². The van der Waals surface area contributed by atoms with E-state index in [2.05, 4.69) is 0 Å². The van der Waals surface area contributed by atoms with Crippen molar-refractivity contribution in [2.24, 2.45) is 0 Å². The number of halogens is 1. The Hall–Kier alpha value is -2.08. The highest BCUT2D eigenvalue weighted by Crippen LogP contribution is 2.28. The van der Waals surface area contributed by atoms with Crippen molar-refractivity contribution in [3.8, 4) is 0 Å². The molecule has 0 bridgehead atoms. The molecule has 0 aromatic heterocycles. The van der Waals surface area contributed by atoms with Crippen molar-refractivity contribution in [3.05, 3.63) is 53.8 Å². The highest BCUT2D eigenvalue weighted by molar-refractivity contribution is 7.93. The van der Waals surface area contributed by atoms with Gasteiger partial charge in [0.1, 0.15) is 10.7 Å². The van der Waals surface area contributed by atoms with Crippen LogP contribution in [0.15, 0.2) is 47.4 Å². The zero-order valence-electron chi connectivity index (χ0n) is 11.9. The number of para-hydroxylation sites is 1. The molecule has 112 valence electrons. The van der Waals surface area contributed by atoms with Crippen molar-refractivity contribution in [1.29, 1.82) is 0 Å². The monoisotopic (exact) mass is 308 g/mol. The molecule has 0 amide bonds. The molecule has 0 saturated heterocycles. The average molecular weight is 308 g/mol. The van der Waals surface area contributed by atoms with Crippen LogP contribution >= 0.6 is 0 Å². The molecule has 21 heavy (non-hydrogen) atoms. The van der Waals surface area contributed by atoms with E-state index in [4.69, 9.17) is 5.73 Å². The fourth-order valence-electron chi connectivity index (χ4n) is 2.06. The fraction of sp³-hybridized carbons (Fsp3) is 0.200. The number of benzene rings is 2. The van der Waals surface area contributed by atoms with Crippen LogP contribution in [-0.2, 0) is 10.0 Å². The molecule has 0 aliphatic carbocycles. The zero-order chi connectivity index (χ0) is 15.6. The lowest BCUT2D eigenvalue weighted by Crippen LogP contribution is -2.31. The van der Waals surface area contributed by atoms with Crippen molar-refractivity contribution < 1.29 is 12.8 Å². The summed E-state index contributed by atoms with van der Waals surface area (Å²) in [7, 11) is -3.90. The molecule has 0 aliphatic rings. The van der Waals surface area contributed by atoms with Crippen LogP contribution in [-0.4, -0.2) is 15.0 Å². The largest absolute Gasteiger partial charge is 0.395 e. The van der Waals surface area contributed by atoms with Gasteiger partial charge in [0, 0.05) is 6.54 Å². The van der Waals surface area contributed by atoms with Gasteiger partial charge in [-0.1, -0.05) is 23.8 Å². The molecule has 0 fully saturated rings. The minimum atomic E-state index is -3.90. The molecule has 2 aromatic rings. The van der Waals surface area contributed by atoms with Crippen LogP contribution < -0.4 is 10.0 Å². The minimum absolute atomic E-state index is 0.218. The second-order valence-electron chi connectivity index (χ2n) is 4.66. The summed E-state index contributed by atoms with van der Waals surface area (Å²) >= 11 is 0. The molecule has 0 spiro atoms. The van der Waals surface area contributed by atoms with Crippen molar-refractivity contribution in [1.82, 2.24) is 0 Å². The SMILES string of the molecule is CCN(c1ccc(C)cc1)S(=O)(=O)c1cccc(F)c1N. The Bertz CT molecular complexity index is 743. The Morgan fingerprint density at radius 3 is 2.33 bits per heavy atom. The number of rotatable bonds is 4. The van der Waals surface area contributed by atoms with Crippen LogP contribution in [0, 0.1) is 12.7 Å². The minimum Gasteiger partial charge on any atom is -0.395 e. The first-order valence-electron chi connectivity index (χ1n) is 6.51. The molecule has 0 atom stereocenters. The lowest BCUT2D eigenvalue weighted by molar-refractivity contribution is 0.588. The highest BCUT2D eigenvalue weighted by atomic mass is 32.2. The summed E-state index contributed by atoms with van der Waals surface area (Å²) in [5.74, 6) is -0.740. The van der Waals surface area contributed by atoms with E-state index in [9.17, 15) is 12.8 Å². The molecule has 0 aliphatic heterocycles. The van der Waals surface area contributed by atoms with Crippen LogP contribution in [0.5, 0.6) is 0 Å². The summed E-state index contributed by atoms with van der Waals surface area (Å²) in [6.07, 6.45) is 0. The molecule has 0 radical (unpaired) electrons. The van der Waals surface area contributed by atoms with E-state index in [1.54, 1.807) is 19.1 Å². The van der Waals surface area contributed by atoms with Crippen LogP contribution in [0.1, 0.15) is 12.5 Å². The molecule has 4 nitrogen and oxygen atoms in total. The second kappa shape index (κ2) is 5.73. The summed E-state index contributed by atoms with van der Waals surface area (Å²) in [6.45, 7) is 3.85. The van der Waals surface area contributed by atoms with Gasteiger partial charge in [0.15, 0.2) is 0 Å². The predicted octanol–water partition coefficient (Wildman–Crippen LogP) is 2.93. The molecule has 0 heterocycles. The lowest BCUT2D eigenvalue weighted by atomic mass is 10.2. The molecule has 0 saturated carbocycles. The van der Waals surface area contributed by atoms with Crippen molar-refractivity contribution in [3.63, 3.8) is 0 Å². The Labute approximate surface area is 124 Å². The van der Waals surface area contributed by atoms with Crippen LogP contribution in [0.4, 0.5) is 15.8 Å². The Balaban J connectivity index is 2.55. The summed E-state index contributed by atoms with van der Waals surface area (Å²) in [6, 6.07) is 10.9. The van der Waals surface area contributed by atoms with Gasteiger partial charge in [0.05, 0.1) is 11.4 Å². The van der Waals surface area contributed by atoms with E-state index in [1.807, 2.05) is 19.1 Å². The third-order valence-electron chi connectivity index (χ3n) is 3.19. The first-order chi connectivity index (χ1) is 9.87. The van der Waals surface area contributed by atoms with Gasteiger partial charge >= 0.3 is 0 Å². The van der Waals surface area contributed by atoms with Gasteiger partial charge in [-0.15, -0.1) is 0 Å². The topological polar surface area (TPSA) is 63.4 Å². The quantitative estimate of drug-likeness (QED) is 0.883. The summed E-state index contributed by atoms with van der Waals surface area (Å²) in [5, 5.41) is 0. The van der Waals surface area contributed by atoms with E-state index in [0.29, 0.717) is 5.69 Å². The first kappa shape index (κ1) is 15.3. The van der Waals surface area contributed by atoms with Crippen LogP contribution in [0.3, 0.4) is 0 Å². The summed E-state index contributed by atoms with van der Waals surface area (Å²) in [5.41, 5.74) is 6.77. The predicted molar refractivity (Wildman–Crippen MR) is 82.2 cm³/mol.